The van der Waals surface area contributed by atoms with Crippen LogP contribution in [0.25, 0.3) is 17.1 Å². The molecule has 4 rings (SSSR count). The Labute approximate surface area is 208 Å². The fraction of sp³-hybridized carbons (Fsp3) is 0.308. The zero-order chi connectivity index (χ0) is 25.4. The lowest BCUT2D eigenvalue weighted by Gasteiger charge is -2.10. The lowest BCUT2D eigenvalue weighted by Crippen LogP contribution is -2.26. The molecule has 0 spiro atoms. The minimum absolute atomic E-state index is 0.213. The number of hydrogen-bond donors (Lipinski definition) is 1. The fourth-order valence-corrected chi connectivity index (χ4v) is 3.41. The number of aryl methyl sites for hydroxylation is 1. The second kappa shape index (κ2) is 11.7. The van der Waals surface area contributed by atoms with Gasteiger partial charge in [0.2, 0.25) is 11.7 Å². The first-order chi connectivity index (χ1) is 16.7. The van der Waals surface area contributed by atoms with Crippen molar-refractivity contribution in [1.29, 1.82) is 5.26 Å². The van der Waals surface area contributed by atoms with Crippen molar-refractivity contribution in [3.8, 4) is 23.1 Å². The summed E-state index contributed by atoms with van der Waals surface area (Å²) in [6, 6.07) is 17.4. The van der Waals surface area contributed by atoms with E-state index in [9.17, 15) is 5.11 Å². The molecule has 0 fully saturated rings. The standard InChI is InChI=1S/C14H15N3.C12H12B2N2O2/c1-11(2)6-13-9-16-17(10-13)14-5-3-4-12(7-14)8-15;1-2-3-8-4-6-9(7-5-8)10-15-11(18-16-10)12(13,14)17/h3-5,7,9-11H,6H2,1-2H3;4-7,17H,2-3H2,1H3. The van der Waals surface area contributed by atoms with Crippen molar-refractivity contribution in [3.05, 3.63) is 83.5 Å². The van der Waals surface area contributed by atoms with E-state index >= 15 is 0 Å². The van der Waals surface area contributed by atoms with Gasteiger partial charge < -0.3 is 9.63 Å². The van der Waals surface area contributed by atoms with Gasteiger partial charge in [-0.25, -0.2) is 4.68 Å². The predicted octanol–water partition coefficient (Wildman–Crippen LogP) is 4.07. The summed E-state index contributed by atoms with van der Waals surface area (Å²) in [5.74, 6) is 0.760. The Morgan fingerprint density at radius 1 is 1.14 bits per heavy atom. The third-order valence-corrected chi connectivity index (χ3v) is 5.04. The summed E-state index contributed by atoms with van der Waals surface area (Å²) in [5.41, 5.74) is 4.85. The van der Waals surface area contributed by atoms with Gasteiger partial charge in [-0.3, -0.25) is 0 Å². The molecule has 0 amide bonds. The highest BCUT2D eigenvalue weighted by atomic mass is 16.5. The van der Waals surface area contributed by atoms with Gasteiger partial charge in [0.05, 0.1) is 28.9 Å². The van der Waals surface area contributed by atoms with E-state index in [1.165, 1.54) is 11.1 Å². The molecule has 4 aromatic rings. The Hall–Kier alpha value is -3.63. The fourth-order valence-electron chi connectivity index (χ4n) is 3.41. The molecule has 0 aliphatic rings. The largest absolute Gasteiger partial charge is 0.400 e. The minimum atomic E-state index is -2.10. The van der Waals surface area contributed by atoms with Crippen LogP contribution < -0.4 is 0 Å². The van der Waals surface area contributed by atoms with Gasteiger partial charge >= 0.3 is 0 Å². The molecule has 0 bridgehead atoms. The maximum Gasteiger partial charge on any atom is 0.239 e. The van der Waals surface area contributed by atoms with Crippen molar-refractivity contribution >= 4 is 15.7 Å². The van der Waals surface area contributed by atoms with E-state index in [2.05, 4.69) is 42.1 Å². The van der Waals surface area contributed by atoms with Gasteiger partial charge in [-0.1, -0.05) is 62.7 Å². The Morgan fingerprint density at radius 3 is 2.49 bits per heavy atom. The van der Waals surface area contributed by atoms with Crippen molar-refractivity contribution in [2.75, 3.05) is 0 Å². The number of hydrogen-bond acceptors (Lipinski definition) is 6. The maximum atomic E-state index is 9.32. The topological polar surface area (TPSA) is 101 Å². The first kappa shape index (κ1) is 26.0. The molecule has 7 nitrogen and oxygen atoms in total. The SMILES string of the molecule is CC(C)Cc1cnn(-c2cccc(C#N)c2)c1.[B]C([B])(O)c1nc(-c2ccc(CCC)cc2)no1. The van der Waals surface area contributed by atoms with Crippen LogP contribution in [0.3, 0.4) is 0 Å². The number of aliphatic hydroxyl groups is 1. The van der Waals surface area contributed by atoms with Crippen molar-refractivity contribution < 1.29 is 9.63 Å². The van der Waals surface area contributed by atoms with E-state index in [0.29, 0.717) is 17.3 Å². The normalized spacial score (nSPS) is 11.1. The van der Waals surface area contributed by atoms with Crippen LogP contribution in [0.5, 0.6) is 0 Å². The maximum absolute atomic E-state index is 9.32. The zero-order valence-corrected chi connectivity index (χ0v) is 20.2. The summed E-state index contributed by atoms with van der Waals surface area (Å²) in [4.78, 5) is 3.95. The molecule has 174 valence electrons. The molecule has 0 saturated carbocycles. The van der Waals surface area contributed by atoms with Gasteiger partial charge in [-0.15, -0.1) is 0 Å². The molecule has 4 radical (unpaired) electrons. The number of aromatic nitrogens is 4. The Kier molecular flexibility index (Phi) is 8.67. The number of rotatable bonds is 7. The summed E-state index contributed by atoms with van der Waals surface area (Å²) in [6.07, 6.45) is 7.07. The lowest BCUT2D eigenvalue weighted by molar-refractivity contribution is 0.166. The van der Waals surface area contributed by atoms with Crippen LogP contribution in [0.15, 0.2) is 65.4 Å². The third-order valence-electron chi connectivity index (χ3n) is 5.04. The van der Waals surface area contributed by atoms with Crippen LogP contribution in [-0.2, 0) is 18.2 Å². The summed E-state index contributed by atoms with van der Waals surface area (Å²) < 4.78 is 6.62. The minimum Gasteiger partial charge on any atom is -0.400 e. The molecule has 35 heavy (non-hydrogen) atoms. The molecule has 0 saturated heterocycles. The van der Waals surface area contributed by atoms with Gasteiger partial charge in [0.15, 0.2) is 0 Å². The molecule has 2 aromatic carbocycles. The van der Waals surface area contributed by atoms with Crippen LogP contribution in [0, 0.1) is 17.2 Å². The average molecular weight is 463 g/mol. The van der Waals surface area contributed by atoms with Crippen molar-refractivity contribution in [2.45, 2.75) is 45.4 Å². The molecule has 0 aliphatic heterocycles. The quantitative estimate of drug-likeness (QED) is 0.415. The van der Waals surface area contributed by atoms with Gasteiger partial charge in [-0.05, 0) is 48.1 Å². The van der Waals surface area contributed by atoms with E-state index < -0.39 is 5.40 Å². The summed E-state index contributed by atoms with van der Waals surface area (Å²) in [6.45, 7) is 6.50. The summed E-state index contributed by atoms with van der Waals surface area (Å²) >= 11 is 0. The Balaban J connectivity index is 0.000000196. The van der Waals surface area contributed by atoms with Crippen molar-refractivity contribution in [1.82, 2.24) is 19.9 Å². The zero-order valence-electron chi connectivity index (χ0n) is 20.2. The lowest BCUT2D eigenvalue weighted by atomic mass is 9.65. The van der Waals surface area contributed by atoms with E-state index in [1.807, 2.05) is 59.5 Å². The monoisotopic (exact) mass is 463 g/mol. The molecule has 9 heteroatoms. The number of benzene rings is 2. The van der Waals surface area contributed by atoms with Crippen LogP contribution in [0.2, 0.25) is 0 Å². The van der Waals surface area contributed by atoms with Crippen LogP contribution in [0.1, 0.15) is 49.8 Å². The molecule has 0 unspecified atom stereocenters. The summed E-state index contributed by atoms with van der Waals surface area (Å²) in [7, 11) is 10.5. The molecule has 2 aromatic heterocycles. The first-order valence-electron chi connectivity index (χ1n) is 11.5. The average Bonchev–Trinajstić information content (AvgIpc) is 3.50. The molecular weight excluding hydrogens is 436 g/mol. The van der Waals surface area contributed by atoms with Gasteiger partial charge in [0.1, 0.15) is 15.7 Å². The van der Waals surface area contributed by atoms with Crippen LogP contribution in [-0.4, -0.2) is 40.7 Å². The van der Waals surface area contributed by atoms with E-state index in [4.69, 9.17) is 25.5 Å². The second-order valence-electron chi connectivity index (χ2n) is 8.75. The Morgan fingerprint density at radius 2 is 1.89 bits per heavy atom. The van der Waals surface area contributed by atoms with Crippen LogP contribution >= 0.6 is 0 Å². The summed E-state index contributed by atoms with van der Waals surface area (Å²) in [5, 5.41) is 24.1. The van der Waals surface area contributed by atoms with Gasteiger partial charge in [0, 0.05) is 11.8 Å². The van der Waals surface area contributed by atoms with Gasteiger partial charge in [0.25, 0.3) is 0 Å². The van der Waals surface area contributed by atoms with E-state index in [-0.39, 0.29) is 5.89 Å². The van der Waals surface area contributed by atoms with Crippen molar-refractivity contribution in [2.24, 2.45) is 5.92 Å². The first-order valence-corrected chi connectivity index (χ1v) is 11.5. The number of nitrogens with zero attached hydrogens (tertiary/aromatic N) is 5. The smallest absolute Gasteiger partial charge is 0.239 e. The van der Waals surface area contributed by atoms with Gasteiger partial charge in [-0.2, -0.15) is 15.3 Å². The molecule has 2 heterocycles. The second-order valence-corrected chi connectivity index (χ2v) is 8.75. The highest BCUT2D eigenvalue weighted by molar-refractivity contribution is 6.38. The predicted molar refractivity (Wildman–Crippen MR) is 136 cm³/mol. The van der Waals surface area contributed by atoms with Crippen molar-refractivity contribution in [3.63, 3.8) is 0 Å². The third kappa shape index (κ3) is 7.43. The molecular formula is C26H27B2N5O2. The molecule has 1 N–H and O–H groups in total. The van der Waals surface area contributed by atoms with Crippen LogP contribution in [0.4, 0.5) is 0 Å². The molecule has 0 atom stereocenters. The highest BCUT2D eigenvalue weighted by Crippen LogP contribution is 2.20. The van der Waals surface area contributed by atoms with E-state index in [1.54, 1.807) is 6.07 Å². The Bertz CT molecular complexity index is 1270. The van der Waals surface area contributed by atoms with E-state index in [0.717, 1.165) is 30.5 Å². The molecule has 0 aliphatic carbocycles. The highest BCUT2D eigenvalue weighted by Gasteiger charge is 2.23. The number of nitriles is 1.